The van der Waals surface area contributed by atoms with Gasteiger partial charge in [0.2, 0.25) is 0 Å². The highest BCUT2D eigenvalue weighted by Crippen LogP contribution is 2.46. The van der Waals surface area contributed by atoms with E-state index in [1.807, 2.05) is 28.3 Å². The first-order chi connectivity index (χ1) is 15.3. The van der Waals surface area contributed by atoms with E-state index in [2.05, 4.69) is 47.6 Å². The summed E-state index contributed by atoms with van der Waals surface area (Å²) in [5, 5.41) is 0.615. The summed E-state index contributed by atoms with van der Waals surface area (Å²) in [6.07, 6.45) is 5.48. The second-order valence-electron chi connectivity index (χ2n) is 8.15. The molecule has 168 valence electrons. The summed E-state index contributed by atoms with van der Waals surface area (Å²) >= 11 is 3.42. The van der Waals surface area contributed by atoms with Crippen molar-refractivity contribution >= 4 is 61.7 Å². The summed E-state index contributed by atoms with van der Waals surface area (Å²) in [5.41, 5.74) is 3.28. The van der Waals surface area contributed by atoms with E-state index in [0.29, 0.717) is 17.0 Å². The third-order valence-electron chi connectivity index (χ3n) is 6.09. The van der Waals surface area contributed by atoms with Gasteiger partial charge in [0.15, 0.2) is 0 Å². The van der Waals surface area contributed by atoms with E-state index in [4.69, 9.17) is 0 Å². The van der Waals surface area contributed by atoms with Crippen LogP contribution in [-0.4, -0.2) is 0 Å². The van der Waals surface area contributed by atoms with Crippen LogP contribution in [0.3, 0.4) is 0 Å². The van der Waals surface area contributed by atoms with Crippen molar-refractivity contribution < 1.29 is 13.2 Å². The van der Waals surface area contributed by atoms with Gasteiger partial charge in [-0.1, -0.05) is 68.3 Å². The Kier molecular flexibility index (Phi) is 7.00. The van der Waals surface area contributed by atoms with E-state index in [9.17, 15) is 13.2 Å². The Morgan fingerprint density at radius 1 is 1.09 bits per heavy atom. The van der Waals surface area contributed by atoms with Crippen molar-refractivity contribution in [2.24, 2.45) is 0 Å². The monoisotopic (exact) mass is 567 g/mol. The zero-order chi connectivity index (χ0) is 22.9. The highest BCUT2D eigenvalue weighted by molar-refractivity contribution is 14.1. The Balaban J connectivity index is 1.80. The van der Waals surface area contributed by atoms with Crippen LogP contribution in [0.2, 0.25) is 0 Å². The lowest BCUT2D eigenvalue weighted by Crippen LogP contribution is -2.12. The van der Waals surface area contributed by atoms with Crippen LogP contribution >= 0.6 is 34.2 Å². The van der Waals surface area contributed by atoms with Gasteiger partial charge in [-0.15, -0.1) is 11.3 Å². The number of anilines is 1. The normalized spacial score (nSPS) is 15.5. The van der Waals surface area contributed by atoms with E-state index in [1.54, 1.807) is 6.07 Å². The molecule has 4 rings (SSSR count). The van der Waals surface area contributed by atoms with Gasteiger partial charge in [-0.05, 0) is 43.4 Å². The van der Waals surface area contributed by atoms with E-state index in [-0.39, 0.29) is 4.70 Å². The molecule has 0 saturated heterocycles. The zero-order valence-electron chi connectivity index (χ0n) is 17.9. The number of alkyl halides is 3. The van der Waals surface area contributed by atoms with Crippen LogP contribution in [0, 0.1) is 0 Å². The molecule has 6 heteroatoms. The molecule has 32 heavy (non-hydrogen) atoms. The quantitative estimate of drug-likeness (QED) is 0.219. The molecule has 1 aromatic heterocycles. The fraction of sp³-hybridized carbons (Fsp3) is 0.308. The lowest BCUT2D eigenvalue weighted by atomic mass is 9.83. The number of para-hydroxylation sites is 1. The average molecular weight is 567 g/mol. The molecule has 0 radical (unpaired) electrons. The van der Waals surface area contributed by atoms with Crippen molar-refractivity contribution in [2.75, 3.05) is 3.11 Å². The summed E-state index contributed by atoms with van der Waals surface area (Å²) < 4.78 is 43.3. The van der Waals surface area contributed by atoms with Crippen LogP contribution in [0.25, 0.3) is 21.9 Å². The minimum atomic E-state index is -4.40. The molecule has 3 aromatic rings. The summed E-state index contributed by atoms with van der Waals surface area (Å²) in [7, 11) is 0. The fourth-order valence-corrected chi connectivity index (χ4v) is 6.69. The molecule has 1 saturated carbocycles. The number of halogens is 4. The lowest BCUT2D eigenvalue weighted by Gasteiger charge is -2.28. The van der Waals surface area contributed by atoms with Gasteiger partial charge in [0.25, 0.3) is 0 Å². The highest BCUT2D eigenvalue weighted by Gasteiger charge is 2.34. The number of hydrogen-bond acceptors (Lipinski definition) is 2. The second-order valence-corrected chi connectivity index (χ2v) is 10.1. The molecule has 1 aliphatic carbocycles. The van der Waals surface area contributed by atoms with E-state index in [1.165, 1.54) is 55.1 Å². The maximum atomic E-state index is 13.7. The Bertz CT molecular complexity index is 1160. The third-order valence-corrected chi connectivity index (χ3v) is 8.49. The van der Waals surface area contributed by atoms with Gasteiger partial charge in [-0.25, -0.2) is 0 Å². The molecule has 0 aliphatic heterocycles. The van der Waals surface area contributed by atoms with Crippen molar-refractivity contribution in [3.63, 3.8) is 0 Å². The number of hydrogen-bond donors (Lipinski definition) is 0. The topological polar surface area (TPSA) is 3.24 Å². The van der Waals surface area contributed by atoms with Gasteiger partial charge >= 0.3 is 6.18 Å². The van der Waals surface area contributed by atoms with Crippen LogP contribution in [0.5, 0.6) is 0 Å². The molecule has 1 aliphatic rings. The Morgan fingerprint density at radius 3 is 2.50 bits per heavy atom. The van der Waals surface area contributed by atoms with Crippen LogP contribution < -0.4 is 3.11 Å². The first kappa shape index (κ1) is 23.4. The minimum Gasteiger partial charge on any atom is -0.282 e. The van der Waals surface area contributed by atoms with Gasteiger partial charge in [0, 0.05) is 15.6 Å². The molecule has 0 unspecified atom stereocenters. The number of fused-ring (bicyclic) bond motifs is 1. The van der Waals surface area contributed by atoms with Crippen molar-refractivity contribution in [3.8, 4) is 0 Å². The van der Waals surface area contributed by atoms with Gasteiger partial charge < -0.3 is 0 Å². The minimum absolute atomic E-state index is 0.259. The third kappa shape index (κ3) is 4.49. The molecule has 1 heterocycles. The van der Waals surface area contributed by atoms with Gasteiger partial charge in [-0.3, -0.25) is 3.11 Å². The van der Waals surface area contributed by atoms with Crippen molar-refractivity contribution in [1.82, 2.24) is 0 Å². The summed E-state index contributed by atoms with van der Waals surface area (Å²) in [6.45, 7) is 6.21. The molecule has 1 fully saturated rings. The van der Waals surface area contributed by atoms with E-state index in [0.717, 1.165) is 22.2 Å². The van der Waals surface area contributed by atoms with Gasteiger partial charge in [0.1, 0.15) is 0 Å². The van der Waals surface area contributed by atoms with Crippen molar-refractivity contribution in [2.45, 2.75) is 51.1 Å². The summed E-state index contributed by atoms with van der Waals surface area (Å²) in [4.78, 5) is 0.766. The van der Waals surface area contributed by atoms with Crippen LogP contribution in [-0.2, 0) is 6.18 Å². The van der Waals surface area contributed by atoms with E-state index < -0.39 is 11.7 Å². The van der Waals surface area contributed by atoms with Crippen molar-refractivity contribution in [1.29, 1.82) is 0 Å². The molecule has 0 atom stereocenters. The number of thiophene rings is 1. The predicted molar refractivity (Wildman–Crippen MR) is 139 cm³/mol. The largest absolute Gasteiger partial charge is 0.417 e. The standard InChI is InChI=1S/C26H25F3INS/c1-3-10-20-21-14-9-15-22(26(27,28)29)25(21)32-24(20)17(2)31(30)23-16-8-7-13-19(23)18-11-5-4-6-12-18/h3,7-10,13-16,18H,2,4-6,11-12H2,1H3/b10-3-. The smallest absolute Gasteiger partial charge is 0.282 e. The molecule has 0 spiro atoms. The molecule has 0 bridgehead atoms. The first-order valence-corrected chi connectivity index (χ1v) is 12.6. The van der Waals surface area contributed by atoms with Crippen LogP contribution in [0.15, 0.2) is 55.1 Å². The Labute approximate surface area is 205 Å². The lowest BCUT2D eigenvalue weighted by molar-refractivity contribution is -0.136. The number of rotatable bonds is 5. The number of nitrogens with zero attached hydrogens (tertiary/aromatic N) is 1. The SMILES string of the molecule is C=C(c1sc2c(C(F)(F)F)cccc2c1/C=C\C)N(I)c1ccccc1C1CCCCC1. The highest BCUT2D eigenvalue weighted by atomic mass is 127. The zero-order valence-corrected chi connectivity index (χ0v) is 20.9. The first-order valence-electron chi connectivity index (χ1n) is 10.8. The molecule has 2 aromatic carbocycles. The molecule has 0 N–H and O–H groups in total. The van der Waals surface area contributed by atoms with E-state index >= 15 is 0 Å². The maximum absolute atomic E-state index is 13.7. The van der Waals surface area contributed by atoms with Crippen LogP contribution in [0.1, 0.15) is 66.5 Å². The number of benzene rings is 2. The van der Waals surface area contributed by atoms with Crippen molar-refractivity contribution in [3.05, 3.63) is 76.7 Å². The molecule has 1 nitrogen and oxygen atoms in total. The fourth-order valence-electron chi connectivity index (χ4n) is 4.57. The predicted octanol–water partition coefficient (Wildman–Crippen LogP) is 9.83. The molecular weight excluding hydrogens is 542 g/mol. The Hall–Kier alpha value is -1.80. The second kappa shape index (κ2) is 9.59. The molecular formula is C26H25F3INS. The maximum Gasteiger partial charge on any atom is 0.417 e. The summed E-state index contributed by atoms with van der Waals surface area (Å²) in [5.74, 6) is 0.513. The Morgan fingerprint density at radius 2 is 1.81 bits per heavy atom. The average Bonchev–Trinajstić information content (AvgIpc) is 3.16. The van der Waals surface area contributed by atoms with Gasteiger partial charge in [0.05, 0.1) is 44.7 Å². The van der Waals surface area contributed by atoms with Crippen LogP contribution in [0.4, 0.5) is 18.9 Å². The van der Waals surface area contributed by atoms with Gasteiger partial charge in [-0.2, -0.15) is 13.2 Å². The summed E-state index contributed by atoms with van der Waals surface area (Å²) in [6, 6.07) is 12.8. The molecule has 0 amide bonds. The number of allylic oxidation sites excluding steroid dienone is 1.